The van der Waals surface area contributed by atoms with E-state index in [4.69, 9.17) is 10.5 Å². The van der Waals surface area contributed by atoms with Gasteiger partial charge >= 0.3 is 5.97 Å². The average Bonchev–Trinajstić information content (AvgIpc) is 3.02. The number of ether oxygens (including phenoxy) is 1. The van der Waals surface area contributed by atoms with Crippen molar-refractivity contribution >= 4 is 23.4 Å². The second-order valence-electron chi connectivity index (χ2n) is 5.69. The van der Waals surface area contributed by atoms with Crippen molar-refractivity contribution in [1.82, 2.24) is 9.78 Å². The third-order valence-electron chi connectivity index (χ3n) is 4.08. The van der Waals surface area contributed by atoms with Crippen LogP contribution in [-0.2, 0) is 10.5 Å². The van der Waals surface area contributed by atoms with Crippen molar-refractivity contribution in [2.24, 2.45) is 0 Å². The molecule has 0 atom stereocenters. The van der Waals surface area contributed by atoms with Gasteiger partial charge in [0.15, 0.2) is 5.69 Å². The summed E-state index contributed by atoms with van der Waals surface area (Å²) in [5.74, 6) is 0.296. The van der Waals surface area contributed by atoms with Crippen molar-refractivity contribution in [2.45, 2.75) is 17.6 Å². The Kier molecular flexibility index (Phi) is 3.97. The highest BCUT2D eigenvalue weighted by Crippen LogP contribution is 2.43. The van der Waals surface area contributed by atoms with Gasteiger partial charge in [0.1, 0.15) is 0 Å². The summed E-state index contributed by atoms with van der Waals surface area (Å²) in [6.45, 7) is 2.12. The van der Waals surface area contributed by atoms with Crippen LogP contribution in [0.4, 0.5) is 5.69 Å². The van der Waals surface area contributed by atoms with Crippen LogP contribution in [-0.4, -0.2) is 22.4 Å². The smallest absolute Gasteiger partial charge is 0.359 e. The molecule has 1 aliphatic rings. The summed E-state index contributed by atoms with van der Waals surface area (Å²) in [4.78, 5) is 13.6. The fourth-order valence-electron chi connectivity index (χ4n) is 3.01. The minimum absolute atomic E-state index is 0.322. The Morgan fingerprint density at radius 2 is 2.12 bits per heavy atom. The standard InChI is InChI=1S/C19H17N3O2S/c1-2-24-19(23)17-15-11-25-16-9-4-3-8-14(16)18(15)22(21-17)13-7-5-6-12(20)10-13/h3-10H,2,11,20H2,1H3. The quantitative estimate of drug-likeness (QED) is 0.572. The molecule has 0 fully saturated rings. The van der Waals surface area contributed by atoms with Gasteiger partial charge in [-0.15, -0.1) is 11.8 Å². The number of thioether (sulfide) groups is 1. The number of rotatable bonds is 3. The van der Waals surface area contributed by atoms with Gasteiger partial charge < -0.3 is 10.5 Å². The summed E-state index contributed by atoms with van der Waals surface area (Å²) in [7, 11) is 0. The molecule has 2 heterocycles. The summed E-state index contributed by atoms with van der Waals surface area (Å²) in [5, 5.41) is 4.59. The molecule has 126 valence electrons. The fraction of sp³-hybridized carbons (Fsp3) is 0.158. The first kappa shape index (κ1) is 15.8. The molecule has 6 heteroatoms. The van der Waals surface area contributed by atoms with Crippen molar-refractivity contribution in [2.75, 3.05) is 12.3 Å². The number of hydrogen-bond donors (Lipinski definition) is 1. The Morgan fingerprint density at radius 1 is 1.28 bits per heavy atom. The molecule has 0 bridgehead atoms. The molecule has 2 aromatic carbocycles. The van der Waals surface area contributed by atoms with Crippen LogP contribution in [0.25, 0.3) is 16.9 Å². The Morgan fingerprint density at radius 3 is 2.92 bits per heavy atom. The van der Waals surface area contributed by atoms with Crippen LogP contribution >= 0.6 is 11.8 Å². The van der Waals surface area contributed by atoms with Gasteiger partial charge in [-0.1, -0.05) is 24.3 Å². The first-order chi connectivity index (χ1) is 12.2. The maximum absolute atomic E-state index is 12.4. The summed E-state index contributed by atoms with van der Waals surface area (Å²) in [6, 6.07) is 15.7. The molecule has 0 radical (unpaired) electrons. The lowest BCUT2D eigenvalue weighted by molar-refractivity contribution is 0.0518. The van der Waals surface area contributed by atoms with Crippen molar-refractivity contribution in [3.05, 3.63) is 59.8 Å². The Labute approximate surface area is 149 Å². The zero-order valence-electron chi connectivity index (χ0n) is 13.7. The number of nitrogens with two attached hydrogens (primary N) is 1. The summed E-state index contributed by atoms with van der Waals surface area (Å²) in [6.07, 6.45) is 0. The fourth-order valence-corrected chi connectivity index (χ4v) is 4.08. The summed E-state index contributed by atoms with van der Waals surface area (Å²) in [5.41, 5.74) is 10.7. The zero-order valence-corrected chi connectivity index (χ0v) is 14.5. The van der Waals surface area contributed by atoms with E-state index in [0.29, 0.717) is 23.7 Å². The maximum Gasteiger partial charge on any atom is 0.359 e. The van der Waals surface area contributed by atoms with Gasteiger partial charge in [-0.05, 0) is 31.2 Å². The number of nitrogens with zero attached hydrogens (tertiary/aromatic N) is 2. The molecule has 0 spiro atoms. The summed E-state index contributed by atoms with van der Waals surface area (Å²) >= 11 is 1.71. The molecule has 2 N–H and O–H groups in total. The highest BCUT2D eigenvalue weighted by molar-refractivity contribution is 7.98. The van der Waals surface area contributed by atoms with E-state index in [1.807, 2.05) is 36.4 Å². The van der Waals surface area contributed by atoms with E-state index in [2.05, 4.69) is 17.2 Å². The third-order valence-corrected chi connectivity index (χ3v) is 5.18. The van der Waals surface area contributed by atoms with Gasteiger partial charge in [0.2, 0.25) is 0 Å². The van der Waals surface area contributed by atoms with Crippen LogP contribution in [0.3, 0.4) is 0 Å². The van der Waals surface area contributed by atoms with Crippen LogP contribution in [0.2, 0.25) is 0 Å². The molecule has 1 aliphatic heterocycles. The predicted octanol–water partition coefficient (Wildman–Crippen LogP) is 3.90. The molecule has 0 amide bonds. The molecular weight excluding hydrogens is 334 g/mol. The van der Waals surface area contributed by atoms with Crippen molar-refractivity contribution in [1.29, 1.82) is 0 Å². The normalized spacial score (nSPS) is 12.4. The van der Waals surface area contributed by atoms with Crippen LogP contribution < -0.4 is 5.73 Å². The Balaban J connectivity index is 1.98. The van der Waals surface area contributed by atoms with E-state index in [1.54, 1.807) is 23.4 Å². The SMILES string of the molecule is CCOC(=O)c1nn(-c2cccc(N)c2)c2c1CSc1ccccc1-2. The molecule has 5 nitrogen and oxygen atoms in total. The van der Waals surface area contributed by atoms with Crippen molar-refractivity contribution in [3.63, 3.8) is 0 Å². The number of fused-ring (bicyclic) bond motifs is 3. The Hall–Kier alpha value is -2.73. The van der Waals surface area contributed by atoms with Crippen molar-refractivity contribution < 1.29 is 9.53 Å². The molecule has 0 aliphatic carbocycles. The van der Waals surface area contributed by atoms with Crippen molar-refractivity contribution in [3.8, 4) is 16.9 Å². The maximum atomic E-state index is 12.4. The van der Waals surface area contributed by atoms with Gasteiger partial charge in [-0.25, -0.2) is 9.48 Å². The predicted molar refractivity (Wildman–Crippen MR) is 98.9 cm³/mol. The number of benzene rings is 2. The minimum Gasteiger partial charge on any atom is -0.461 e. The van der Waals surface area contributed by atoms with Gasteiger partial charge in [-0.3, -0.25) is 0 Å². The van der Waals surface area contributed by atoms with E-state index < -0.39 is 0 Å². The number of nitrogen functional groups attached to an aromatic ring is 1. The molecule has 4 rings (SSSR count). The zero-order chi connectivity index (χ0) is 17.4. The number of carbonyl (C=O) groups excluding carboxylic acids is 1. The van der Waals surface area contributed by atoms with Crippen LogP contribution in [0.1, 0.15) is 23.0 Å². The number of carbonyl (C=O) groups is 1. The molecule has 0 unspecified atom stereocenters. The van der Waals surface area contributed by atoms with E-state index in [1.165, 1.54) is 4.90 Å². The van der Waals surface area contributed by atoms with Gasteiger partial charge in [-0.2, -0.15) is 5.10 Å². The lowest BCUT2D eigenvalue weighted by atomic mass is 10.1. The first-order valence-corrected chi connectivity index (χ1v) is 9.04. The molecule has 25 heavy (non-hydrogen) atoms. The average molecular weight is 351 g/mol. The lowest BCUT2D eigenvalue weighted by Gasteiger charge is -2.18. The van der Waals surface area contributed by atoms with E-state index in [9.17, 15) is 4.79 Å². The van der Waals surface area contributed by atoms with Crippen LogP contribution in [0.15, 0.2) is 53.4 Å². The number of anilines is 1. The molecular formula is C19H17N3O2S. The molecule has 3 aromatic rings. The number of hydrogen-bond acceptors (Lipinski definition) is 5. The second kappa shape index (κ2) is 6.29. The van der Waals surface area contributed by atoms with Gasteiger partial charge in [0, 0.05) is 27.5 Å². The summed E-state index contributed by atoms with van der Waals surface area (Å²) < 4.78 is 7.01. The molecule has 1 aromatic heterocycles. The van der Waals surface area contributed by atoms with Crippen LogP contribution in [0, 0.1) is 0 Å². The Bertz CT molecular complexity index is 965. The molecule has 0 saturated carbocycles. The largest absolute Gasteiger partial charge is 0.461 e. The van der Waals surface area contributed by atoms with Gasteiger partial charge in [0.05, 0.1) is 18.0 Å². The van der Waals surface area contributed by atoms with E-state index >= 15 is 0 Å². The van der Waals surface area contributed by atoms with Crippen LogP contribution in [0.5, 0.6) is 0 Å². The monoisotopic (exact) mass is 351 g/mol. The third kappa shape index (κ3) is 2.68. The minimum atomic E-state index is -0.388. The second-order valence-corrected chi connectivity index (χ2v) is 6.71. The highest BCUT2D eigenvalue weighted by atomic mass is 32.2. The van der Waals surface area contributed by atoms with E-state index in [-0.39, 0.29) is 5.97 Å². The van der Waals surface area contributed by atoms with E-state index in [0.717, 1.165) is 22.5 Å². The lowest BCUT2D eigenvalue weighted by Crippen LogP contribution is -2.08. The number of esters is 1. The van der Waals surface area contributed by atoms with Gasteiger partial charge in [0.25, 0.3) is 0 Å². The highest BCUT2D eigenvalue weighted by Gasteiger charge is 2.29. The topological polar surface area (TPSA) is 70.1 Å². The number of aromatic nitrogens is 2. The molecule has 0 saturated heterocycles. The first-order valence-electron chi connectivity index (χ1n) is 8.06.